The highest BCUT2D eigenvalue weighted by molar-refractivity contribution is 5.77. The van der Waals surface area contributed by atoms with Gasteiger partial charge in [0.15, 0.2) is 0 Å². The van der Waals surface area contributed by atoms with E-state index in [-0.39, 0.29) is 11.9 Å². The molecule has 0 saturated carbocycles. The van der Waals surface area contributed by atoms with Crippen LogP contribution in [-0.2, 0) is 0 Å². The summed E-state index contributed by atoms with van der Waals surface area (Å²) in [5, 5.41) is 7.59. The minimum Gasteiger partial charge on any atom is -0.388 e. The van der Waals surface area contributed by atoms with Crippen LogP contribution in [0.4, 0.5) is 0 Å². The van der Waals surface area contributed by atoms with E-state index in [4.69, 9.17) is 11.1 Å². The van der Waals surface area contributed by atoms with Crippen LogP contribution in [-0.4, -0.2) is 23.3 Å². The molecule has 0 spiro atoms. The van der Waals surface area contributed by atoms with Gasteiger partial charge in [0.05, 0.1) is 5.84 Å². The Kier molecular flexibility index (Phi) is 5.86. The van der Waals surface area contributed by atoms with Gasteiger partial charge in [-0.2, -0.15) is 0 Å². The molecule has 1 atom stereocenters. The molecule has 0 aliphatic carbocycles. The van der Waals surface area contributed by atoms with Crippen LogP contribution in [0.5, 0.6) is 0 Å². The lowest BCUT2D eigenvalue weighted by Crippen LogP contribution is -2.37. The molecule has 100 valence electrons. The van der Waals surface area contributed by atoms with Crippen LogP contribution in [0, 0.1) is 5.41 Å². The Morgan fingerprint density at radius 2 is 1.89 bits per heavy atom. The molecule has 0 saturated heterocycles. The van der Waals surface area contributed by atoms with Crippen molar-refractivity contribution in [3.8, 4) is 0 Å². The van der Waals surface area contributed by atoms with Crippen molar-refractivity contribution in [2.45, 2.75) is 45.7 Å². The van der Waals surface area contributed by atoms with Gasteiger partial charge >= 0.3 is 0 Å². The number of benzene rings is 1. The van der Waals surface area contributed by atoms with Gasteiger partial charge in [-0.15, -0.1) is 0 Å². The first kappa shape index (κ1) is 14.7. The second-order valence-corrected chi connectivity index (χ2v) is 4.99. The van der Waals surface area contributed by atoms with E-state index in [2.05, 4.69) is 37.8 Å². The number of hydrogen-bond acceptors (Lipinski definition) is 2. The maximum absolute atomic E-state index is 7.59. The molecule has 3 heteroatoms. The molecule has 0 amide bonds. The molecule has 0 aromatic heterocycles. The van der Waals surface area contributed by atoms with Gasteiger partial charge in [0.2, 0.25) is 0 Å². The van der Waals surface area contributed by atoms with E-state index in [0.29, 0.717) is 12.5 Å². The molecule has 0 heterocycles. The lowest BCUT2D eigenvalue weighted by atomic mass is 9.99. The number of rotatable bonds is 7. The molecule has 0 aliphatic rings. The Hall–Kier alpha value is -1.35. The first-order chi connectivity index (χ1) is 8.56. The Morgan fingerprint density at radius 1 is 1.28 bits per heavy atom. The highest BCUT2D eigenvalue weighted by Gasteiger charge is 2.22. The first-order valence-corrected chi connectivity index (χ1v) is 6.69. The zero-order valence-corrected chi connectivity index (χ0v) is 11.7. The molecule has 1 aromatic carbocycles. The van der Waals surface area contributed by atoms with E-state index in [1.165, 1.54) is 5.56 Å². The van der Waals surface area contributed by atoms with Crippen LogP contribution in [0.15, 0.2) is 30.3 Å². The fraction of sp³-hybridized carbons (Fsp3) is 0.533. The minimum atomic E-state index is 0.212. The van der Waals surface area contributed by atoms with Crippen molar-refractivity contribution in [3.63, 3.8) is 0 Å². The minimum absolute atomic E-state index is 0.212. The number of amidine groups is 1. The van der Waals surface area contributed by atoms with Crippen molar-refractivity contribution in [2.75, 3.05) is 6.54 Å². The van der Waals surface area contributed by atoms with Gasteiger partial charge in [-0.3, -0.25) is 10.3 Å². The van der Waals surface area contributed by atoms with Gasteiger partial charge in [-0.05, 0) is 32.4 Å². The lowest BCUT2D eigenvalue weighted by molar-refractivity contribution is 0.156. The molecule has 1 rings (SSSR count). The van der Waals surface area contributed by atoms with Crippen molar-refractivity contribution in [1.29, 1.82) is 5.41 Å². The fourth-order valence-electron chi connectivity index (χ4n) is 2.34. The summed E-state index contributed by atoms with van der Waals surface area (Å²) in [6.07, 6.45) is 1.71. The maximum Gasteiger partial charge on any atom is 0.0924 e. The average Bonchev–Trinajstić information content (AvgIpc) is 2.34. The third kappa shape index (κ3) is 4.15. The predicted molar refractivity (Wildman–Crippen MR) is 77.8 cm³/mol. The Bertz CT molecular complexity index is 359. The summed E-state index contributed by atoms with van der Waals surface area (Å²) in [5.74, 6) is 0.255. The summed E-state index contributed by atoms with van der Waals surface area (Å²) in [7, 11) is 0. The van der Waals surface area contributed by atoms with Crippen molar-refractivity contribution in [3.05, 3.63) is 35.9 Å². The van der Waals surface area contributed by atoms with Crippen LogP contribution >= 0.6 is 0 Å². The van der Waals surface area contributed by atoms with Crippen LogP contribution in [0.25, 0.3) is 0 Å². The monoisotopic (exact) mass is 247 g/mol. The molecule has 3 N–H and O–H groups in total. The van der Waals surface area contributed by atoms with Gasteiger partial charge in [0.25, 0.3) is 0 Å². The third-order valence-electron chi connectivity index (χ3n) is 3.14. The number of nitrogens with zero attached hydrogens (tertiary/aromatic N) is 1. The zero-order valence-electron chi connectivity index (χ0n) is 11.7. The largest absolute Gasteiger partial charge is 0.388 e. The quantitative estimate of drug-likeness (QED) is 0.574. The third-order valence-corrected chi connectivity index (χ3v) is 3.14. The summed E-state index contributed by atoms with van der Waals surface area (Å²) in [4.78, 5) is 2.43. The van der Waals surface area contributed by atoms with Gasteiger partial charge in [0, 0.05) is 18.5 Å². The molecule has 0 bridgehead atoms. The van der Waals surface area contributed by atoms with Crippen LogP contribution in [0.1, 0.15) is 45.2 Å². The standard InChI is InChI=1S/C15H25N3/c1-4-10-18(12(2)3)14(11-15(16)17)13-8-6-5-7-9-13/h5-9,12,14H,4,10-11H2,1-3H3,(H3,16,17). The molecular formula is C15H25N3. The van der Waals surface area contributed by atoms with Gasteiger partial charge in [-0.25, -0.2) is 0 Å². The highest BCUT2D eigenvalue weighted by atomic mass is 15.2. The fourth-order valence-corrected chi connectivity index (χ4v) is 2.34. The van der Waals surface area contributed by atoms with Crippen LogP contribution in [0.2, 0.25) is 0 Å². The van der Waals surface area contributed by atoms with Crippen LogP contribution in [0.3, 0.4) is 0 Å². The summed E-state index contributed by atoms with van der Waals surface area (Å²) in [6.45, 7) is 7.62. The predicted octanol–water partition coefficient (Wildman–Crippen LogP) is 3.17. The van der Waals surface area contributed by atoms with Gasteiger partial charge in [-0.1, -0.05) is 37.3 Å². The number of nitrogens with one attached hydrogen (secondary N) is 1. The lowest BCUT2D eigenvalue weighted by Gasteiger charge is -2.35. The Morgan fingerprint density at radius 3 is 2.33 bits per heavy atom. The highest BCUT2D eigenvalue weighted by Crippen LogP contribution is 2.26. The Labute approximate surface area is 111 Å². The Balaban J connectivity index is 2.99. The van der Waals surface area contributed by atoms with Crippen molar-refractivity contribution >= 4 is 5.84 Å². The smallest absolute Gasteiger partial charge is 0.0924 e. The molecule has 0 radical (unpaired) electrons. The summed E-state index contributed by atoms with van der Waals surface area (Å²) in [6, 6.07) is 11.0. The molecule has 1 unspecified atom stereocenters. The normalized spacial score (nSPS) is 12.9. The number of nitrogens with two attached hydrogens (primary N) is 1. The molecule has 3 nitrogen and oxygen atoms in total. The second-order valence-electron chi connectivity index (χ2n) is 4.99. The summed E-state index contributed by atoms with van der Waals surface area (Å²) < 4.78 is 0. The average molecular weight is 247 g/mol. The second kappa shape index (κ2) is 7.17. The molecule has 0 fully saturated rings. The molecule has 0 aliphatic heterocycles. The van der Waals surface area contributed by atoms with Gasteiger partial charge < -0.3 is 5.73 Å². The van der Waals surface area contributed by atoms with E-state index < -0.39 is 0 Å². The number of hydrogen-bond donors (Lipinski definition) is 2. The molecule has 1 aromatic rings. The zero-order chi connectivity index (χ0) is 13.5. The van der Waals surface area contributed by atoms with Crippen molar-refractivity contribution < 1.29 is 0 Å². The van der Waals surface area contributed by atoms with Crippen molar-refractivity contribution in [1.82, 2.24) is 4.90 Å². The van der Waals surface area contributed by atoms with E-state index in [1.54, 1.807) is 0 Å². The summed E-state index contributed by atoms with van der Waals surface area (Å²) in [5.41, 5.74) is 6.87. The van der Waals surface area contributed by atoms with Gasteiger partial charge in [0.1, 0.15) is 0 Å². The maximum atomic E-state index is 7.59. The van der Waals surface area contributed by atoms with E-state index >= 15 is 0 Å². The molecular weight excluding hydrogens is 222 g/mol. The van der Waals surface area contributed by atoms with E-state index in [1.807, 2.05) is 18.2 Å². The topological polar surface area (TPSA) is 53.1 Å². The van der Waals surface area contributed by atoms with E-state index in [0.717, 1.165) is 13.0 Å². The molecule has 18 heavy (non-hydrogen) atoms. The SMILES string of the molecule is CCCN(C(C)C)C(CC(=N)N)c1ccccc1. The van der Waals surface area contributed by atoms with Crippen molar-refractivity contribution in [2.24, 2.45) is 5.73 Å². The summed E-state index contributed by atoms with van der Waals surface area (Å²) >= 11 is 0. The van der Waals surface area contributed by atoms with Crippen LogP contribution < -0.4 is 5.73 Å². The van der Waals surface area contributed by atoms with E-state index in [9.17, 15) is 0 Å². The first-order valence-electron chi connectivity index (χ1n) is 6.69.